The van der Waals surface area contributed by atoms with Gasteiger partial charge >= 0.3 is 5.97 Å². The molecule has 0 aliphatic carbocycles. The molecule has 1 N–H and O–H groups in total. The van der Waals surface area contributed by atoms with E-state index in [2.05, 4.69) is 0 Å². The second kappa shape index (κ2) is 6.24. The van der Waals surface area contributed by atoms with Crippen LogP contribution in [0.25, 0.3) is 10.8 Å². The van der Waals surface area contributed by atoms with E-state index in [1.807, 2.05) is 24.3 Å². The Morgan fingerprint density at radius 1 is 1.19 bits per heavy atom. The molecule has 0 heterocycles. The number of carboxylic acids is 1. The highest BCUT2D eigenvalue weighted by Gasteiger charge is 2.22. The highest BCUT2D eigenvalue weighted by molar-refractivity contribution is 7.91. The van der Waals surface area contributed by atoms with Crippen molar-refractivity contribution < 1.29 is 23.1 Å². The molecule has 0 aliphatic rings. The average molecular weight is 308 g/mol. The molecule has 0 aromatic heterocycles. The number of aliphatic carboxylic acids is 1. The molecule has 2 aromatic carbocycles. The van der Waals surface area contributed by atoms with Crippen LogP contribution < -0.4 is 0 Å². The minimum atomic E-state index is -3.53. The summed E-state index contributed by atoms with van der Waals surface area (Å²) in [6.07, 6.45) is -1.19. The topological polar surface area (TPSA) is 80.7 Å². The van der Waals surface area contributed by atoms with Gasteiger partial charge in [-0.2, -0.15) is 0 Å². The predicted molar refractivity (Wildman–Crippen MR) is 79.1 cm³/mol. The SMILES string of the molecule is CO[C@H](CCS(=O)(=O)c1ccc2ccccc2c1)C(=O)O. The van der Waals surface area contributed by atoms with Crippen LogP contribution in [0, 0.1) is 0 Å². The van der Waals surface area contributed by atoms with E-state index >= 15 is 0 Å². The van der Waals surface area contributed by atoms with Crippen LogP contribution in [0.2, 0.25) is 0 Å². The number of carbonyl (C=O) groups is 1. The molecule has 6 heteroatoms. The van der Waals surface area contributed by atoms with Gasteiger partial charge < -0.3 is 9.84 Å². The Morgan fingerprint density at radius 3 is 2.48 bits per heavy atom. The number of benzene rings is 2. The number of ether oxygens (including phenoxy) is 1. The Balaban J connectivity index is 2.23. The van der Waals surface area contributed by atoms with E-state index in [1.54, 1.807) is 18.2 Å². The van der Waals surface area contributed by atoms with Crippen molar-refractivity contribution in [3.05, 3.63) is 42.5 Å². The summed E-state index contributed by atoms with van der Waals surface area (Å²) in [5, 5.41) is 10.7. The molecule has 0 amide bonds. The van der Waals surface area contributed by atoms with E-state index in [0.29, 0.717) is 0 Å². The highest BCUT2D eigenvalue weighted by atomic mass is 32.2. The van der Waals surface area contributed by atoms with Crippen LogP contribution in [0.4, 0.5) is 0 Å². The molecule has 2 rings (SSSR count). The molecule has 21 heavy (non-hydrogen) atoms. The maximum atomic E-state index is 12.3. The molecule has 1 atom stereocenters. The lowest BCUT2D eigenvalue weighted by molar-refractivity contribution is -0.148. The smallest absolute Gasteiger partial charge is 0.332 e. The Morgan fingerprint density at radius 2 is 1.86 bits per heavy atom. The van der Waals surface area contributed by atoms with Crippen molar-refractivity contribution in [2.24, 2.45) is 0 Å². The van der Waals surface area contributed by atoms with Gasteiger partial charge in [0.05, 0.1) is 10.6 Å². The second-order valence-electron chi connectivity index (χ2n) is 4.68. The minimum absolute atomic E-state index is 0.0823. The molecule has 0 bridgehead atoms. The summed E-state index contributed by atoms with van der Waals surface area (Å²) < 4.78 is 29.3. The Kier molecular flexibility index (Phi) is 4.59. The summed E-state index contributed by atoms with van der Waals surface area (Å²) >= 11 is 0. The summed E-state index contributed by atoms with van der Waals surface area (Å²) in [5.74, 6) is -1.43. The van der Waals surface area contributed by atoms with E-state index in [4.69, 9.17) is 9.84 Å². The van der Waals surface area contributed by atoms with Crippen molar-refractivity contribution in [3.63, 3.8) is 0 Å². The van der Waals surface area contributed by atoms with Gasteiger partial charge in [0.25, 0.3) is 0 Å². The largest absolute Gasteiger partial charge is 0.479 e. The first-order valence-electron chi connectivity index (χ1n) is 6.41. The standard InChI is InChI=1S/C15H16O5S/c1-20-14(15(16)17)8-9-21(18,19)13-7-6-11-4-2-3-5-12(11)10-13/h2-7,10,14H,8-9H2,1H3,(H,16,17)/t14-/m1/s1. The van der Waals surface area contributed by atoms with E-state index in [1.165, 1.54) is 7.11 Å². The molecule has 0 radical (unpaired) electrons. The zero-order chi connectivity index (χ0) is 15.5. The van der Waals surface area contributed by atoms with Gasteiger partial charge in [-0.05, 0) is 29.3 Å². The third kappa shape index (κ3) is 3.59. The van der Waals surface area contributed by atoms with Gasteiger partial charge in [0, 0.05) is 7.11 Å². The van der Waals surface area contributed by atoms with Crippen LogP contribution in [0.1, 0.15) is 6.42 Å². The molecule has 112 valence electrons. The number of hydrogen-bond donors (Lipinski definition) is 1. The maximum absolute atomic E-state index is 12.3. The zero-order valence-corrected chi connectivity index (χ0v) is 12.3. The molecule has 0 saturated heterocycles. The zero-order valence-electron chi connectivity index (χ0n) is 11.5. The van der Waals surface area contributed by atoms with Gasteiger partial charge in [-0.15, -0.1) is 0 Å². The minimum Gasteiger partial charge on any atom is -0.479 e. The quantitative estimate of drug-likeness (QED) is 0.884. The number of carboxylic acid groups (broad SMARTS) is 1. The van der Waals surface area contributed by atoms with Crippen LogP contribution in [0.5, 0.6) is 0 Å². The molecular formula is C15H16O5S. The highest BCUT2D eigenvalue weighted by Crippen LogP contribution is 2.20. The van der Waals surface area contributed by atoms with Gasteiger partial charge in [-0.1, -0.05) is 30.3 Å². The van der Waals surface area contributed by atoms with Crippen molar-refractivity contribution in [1.82, 2.24) is 0 Å². The van der Waals surface area contributed by atoms with Crippen molar-refractivity contribution in [2.45, 2.75) is 17.4 Å². The number of fused-ring (bicyclic) bond motifs is 1. The summed E-state index contributed by atoms with van der Waals surface area (Å²) in [6.45, 7) is 0. The third-order valence-electron chi connectivity index (χ3n) is 3.29. The fourth-order valence-corrected chi connectivity index (χ4v) is 3.43. The molecular weight excluding hydrogens is 292 g/mol. The average Bonchev–Trinajstić information content (AvgIpc) is 2.47. The second-order valence-corrected chi connectivity index (χ2v) is 6.79. The van der Waals surface area contributed by atoms with E-state index in [0.717, 1.165) is 10.8 Å². The van der Waals surface area contributed by atoms with Crippen molar-refractivity contribution in [1.29, 1.82) is 0 Å². The van der Waals surface area contributed by atoms with Crippen molar-refractivity contribution >= 4 is 26.6 Å². The molecule has 5 nitrogen and oxygen atoms in total. The summed E-state index contributed by atoms with van der Waals surface area (Å²) in [6, 6.07) is 12.3. The first kappa shape index (κ1) is 15.5. The lowest BCUT2D eigenvalue weighted by atomic mass is 10.1. The molecule has 0 unspecified atom stereocenters. The Hall–Kier alpha value is -1.92. The third-order valence-corrected chi connectivity index (χ3v) is 5.03. The van der Waals surface area contributed by atoms with Crippen LogP contribution in [0.3, 0.4) is 0 Å². The van der Waals surface area contributed by atoms with Crippen molar-refractivity contribution in [3.8, 4) is 0 Å². The van der Waals surface area contributed by atoms with Gasteiger partial charge in [0.15, 0.2) is 15.9 Å². The predicted octanol–water partition coefficient (Wildman–Crippen LogP) is 2.10. The van der Waals surface area contributed by atoms with Gasteiger partial charge in [0.2, 0.25) is 0 Å². The van der Waals surface area contributed by atoms with E-state index in [-0.39, 0.29) is 17.1 Å². The van der Waals surface area contributed by atoms with Gasteiger partial charge in [-0.3, -0.25) is 0 Å². The number of hydrogen-bond acceptors (Lipinski definition) is 4. The summed E-state index contributed by atoms with van der Waals surface area (Å²) in [4.78, 5) is 11.0. The van der Waals surface area contributed by atoms with E-state index < -0.39 is 21.9 Å². The Bertz CT molecular complexity index is 752. The normalized spacial score (nSPS) is 13.2. The summed E-state index contributed by atoms with van der Waals surface area (Å²) in [7, 11) is -2.28. The molecule has 0 fully saturated rings. The maximum Gasteiger partial charge on any atom is 0.332 e. The van der Waals surface area contributed by atoms with Crippen LogP contribution in [0.15, 0.2) is 47.4 Å². The molecule has 0 saturated carbocycles. The first-order valence-corrected chi connectivity index (χ1v) is 8.06. The molecule has 0 aliphatic heterocycles. The summed E-state index contributed by atoms with van der Waals surface area (Å²) in [5.41, 5.74) is 0. The lowest BCUT2D eigenvalue weighted by Gasteiger charge is -2.11. The van der Waals surface area contributed by atoms with Crippen molar-refractivity contribution in [2.75, 3.05) is 12.9 Å². The van der Waals surface area contributed by atoms with Crippen LogP contribution in [-0.4, -0.2) is 38.5 Å². The molecule has 2 aromatic rings. The van der Waals surface area contributed by atoms with Gasteiger partial charge in [-0.25, -0.2) is 13.2 Å². The van der Waals surface area contributed by atoms with E-state index in [9.17, 15) is 13.2 Å². The Labute approximate surface area is 123 Å². The fraction of sp³-hybridized carbons (Fsp3) is 0.267. The first-order chi connectivity index (χ1) is 9.94. The number of sulfone groups is 1. The van der Waals surface area contributed by atoms with Gasteiger partial charge in [0.1, 0.15) is 0 Å². The fourth-order valence-electron chi connectivity index (χ4n) is 2.08. The number of methoxy groups -OCH3 is 1. The van der Waals surface area contributed by atoms with Crippen LogP contribution in [-0.2, 0) is 19.4 Å². The van der Waals surface area contributed by atoms with Crippen LogP contribution >= 0.6 is 0 Å². The monoisotopic (exact) mass is 308 g/mol. The lowest BCUT2D eigenvalue weighted by Crippen LogP contribution is -2.25. The number of rotatable bonds is 6. The molecule has 0 spiro atoms.